The number of aromatic nitrogens is 1. The number of hydrogen-bond donors (Lipinski definition) is 1. The summed E-state index contributed by atoms with van der Waals surface area (Å²) in [4.78, 5) is 6.60. The van der Waals surface area contributed by atoms with Crippen LogP contribution in [0.4, 0.5) is 4.39 Å². The van der Waals surface area contributed by atoms with Crippen LogP contribution in [-0.2, 0) is 6.54 Å². The van der Waals surface area contributed by atoms with Gasteiger partial charge in [0.25, 0.3) is 0 Å². The van der Waals surface area contributed by atoms with Crippen molar-refractivity contribution in [1.82, 2.24) is 9.88 Å². The zero-order valence-electron chi connectivity index (χ0n) is 12.0. The molecule has 2 N–H and O–H groups in total. The van der Waals surface area contributed by atoms with Crippen LogP contribution in [0.15, 0.2) is 47.1 Å². The van der Waals surface area contributed by atoms with Crippen molar-refractivity contribution < 1.29 is 4.39 Å². The molecule has 1 unspecified atom stereocenters. The molecule has 0 aliphatic heterocycles. The fraction of sp³-hybridized carbons (Fsp3) is 0.312. The van der Waals surface area contributed by atoms with Crippen LogP contribution in [0.5, 0.6) is 0 Å². The minimum Gasteiger partial charge on any atom is -0.329 e. The van der Waals surface area contributed by atoms with Crippen molar-refractivity contribution in [3.8, 4) is 0 Å². The second-order valence-electron chi connectivity index (χ2n) is 4.80. The molecule has 1 heterocycles. The second-order valence-corrected chi connectivity index (χ2v) is 5.66. The van der Waals surface area contributed by atoms with Gasteiger partial charge in [0, 0.05) is 29.8 Å². The molecule has 5 heteroatoms. The van der Waals surface area contributed by atoms with Gasteiger partial charge in [-0.15, -0.1) is 0 Å². The van der Waals surface area contributed by atoms with Crippen LogP contribution in [0.25, 0.3) is 0 Å². The molecule has 2 aromatic rings. The molecule has 0 aliphatic rings. The van der Waals surface area contributed by atoms with Crippen molar-refractivity contribution in [3.05, 3.63) is 64.1 Å². The molecule has 0 amide bonds. The van der Waals surface area contributed by atoms with Gasteiger partial charge in [0.1, 0.15) is 5.82 Å². The first-order valence-corrected chi connectivity index (χ1v) is 7.74. The first-order chi connectivity index (χ1) is 10.2. The van der Waals surface area contributed by atoms with Crippen molar-refractivity contribution in [3.63, 3.8) is 0 Å². The van der Waals surface area contributed by atoms with Gasteiger partial charge >= 0.3 is 0 Å². The van der Waals surface area contributed by atoms with Crippen LogP contribution >= 0.6 is 15.9 Å². The third-order valence-corrected chi connectivity index (χ3v) is 4.17. The predicted octanol–water partition coefficient (Wildman–Crippen LogP) is 3.51. The molecule has 0 saturated carbocycles. The van der Waals surface area contributed by atoms with Gasteiger partial charge in [-0.1, -0.05) is 35.0 Å². The third kappa shape index (κ3) is 4.09. The molecule has 1 aromatic heterocycles. The Hall–Kier alpha value is -1.30. The molecule has 112 valence electrons. The highest BCUT2D eigenvalue weighted by Crippen LogP contribution is 2.28. The second kappa shape index (κ2) is 7.64. The van der Waals surface area contributed by atoms with E-state index in [1.165, 1.54) is 12.1 Å². The normalized spacial score (nSPS) is 12.6. The van der Waals surface area contributed by atoms with Gasteiger partial charge in [-0.25, -0.2) is 4.39 Å². The highest BCUT2D eigenvalue weighted by molar-refractivity contribution is 9.10. The first-order valence-electron chi connectivity index (χ1n) is 6.94. The highest BCUT2D eigenvalue weighted by atomic mass is 79.9. The summed E-state index contributed by atoms with van der Waals surface area (Å²) in [5, 5.41) is 0. The average molecular weight is 352 g/mol. The van der Waals surface area contributed by atoms with E-state index in [0.29, 0.717) is 13.1 Å². The maximum absolute atomic E-state index is 13.3. The zero-order chi connectivity index (χ0) is 15.2. The van der Waals surface area contributed by atoms with E-state index in [4.69, 9.17) is 5.73 Å². The average Bonchev–Trinajstić information content (AvgIpc) is 2.49. The monoisotopic (exact) mass is 351 g/mol. The van der Waals surface area contributed by atoms with Crippen molar-refractivity contribution in [2.24, 2.45) is 5.73 Å². The van der Waals surface area contributed by atoms with E-state index < -0.39 is 0 Å². The summed E-state index contributed by atoms with van der Waals surface area (Å²) in [5.41, 5.74) is 7.96. The number of likely N-dealkylation sites (N-methyl/N-ethyl adjacent to an activating group) is 1. The molecule has 3 nitrogen and oxygen atoms in total. The number of pyridine rings is 1. The van der Waals surface area contributed by atoms with Crippen molar-refractivity contribution in [2.45, 2.75) is 19.5 Å². The number of nitrogens with two attached hydrogens (primary N) is 1. The van der Waals surface area contributed by atoms with Gasteiger partial charge in [0.15, 0.2) is 0 Å². The lowest BCUT2D eigenvalue weighted by atomic mass is 10.0. The topological polar surface area (TPSA) is 42.2 Å². The van der Waals surface area contributed by atoms with Gasteiger partial charge in [-0.05, 0) is 36.4 Å². The Labute approximate surface area is 133 Å². The Bertz CT molecular complexity index is 577. The number of benzene rings is 1. The number of halogens is 2. The minimum atomic E-state index is -0.255. The summed E-state index contributed by atoms with van der Waals surface area (Å²) in [5.74, 6) is -0.255. The summed E-state index contributed by atoms with van der Waals surface area (Å²) in [7, 11) is 0. The molecule has 21 heavy (non-hydrogen) atoms. The molecular weight excluding hydrogens is 333 g/mol. The van der Waals surface area contributed by atoms with Crippen LogP contribution in [0.1, 0.15) is 24.2 Å². The Morgan fingerprint density at radius 3 is 2.71 bits per heavy atom. The quantitative estimate of drug-likeness (QED) is 0.865. The van der Waals surface area contributed by atoms with Crippen LogP contribution in [-0.4, -0.2) is 23.0 Å². The van der Waals surface area contributed by atoms with E-state index in [1.807, 2.05) is 18.2 Å². The van der Waals surface area contributed by atoms with Crippen LogP contribution in [0.2, 0.25) is 0 Å². The maximum Gasteiger partial charge on any atom is 0.124 e. The van der Waals surface area contributed by atoms with E-state index in [0.717, 1.165) is 22.3 Å². The Kier molecular flexibility index (Phi) is 5.85. The molecule has 0 bridgehead atoms. The van der Waals surface area contributed by atoms with Crippen LogP contribution < -0.4 is 5.73 Å². The third-order valence-electron chi connectivity index (χ3n) is 3.48. The van der Waals surface area contributed by atoms with Gasteiger partial charge in [-0.2, -0.15) is 0 Å². The van der Waals surface area contributed by atoms with Crippen molar-refractivity contribution >= 4 is 15.9 Å². The molecule has 0 spiro atoms. The highest BCUT2D eigenvalue weighted by Gasteiger charge is 2.20. The van der Waals surface area contributed by atoms with Crippen LogP contribution in [0.3, 0.4) is 0 Å². The maximum atomic E-state index is 13.3. The lowest BCUT2D eigenvalue weighted by Gasteiger charge is -2.30. The number of hydrogen-bond acceptors (Lipinski definition) is 3. The first kappa shape index (κ1) is 16.1. The SMILES string of the molecule is CCN(Cc1ccccn1)C(CN)c1ccc(F)cc1Br. The number of rotatable bonds is 6. The molecule has 2 rings (SSSR count). The van der Waals surface area contributed by atoms with Crippen molar-refractivity contribution in [1.29, 1.82) is 0 Å². The molecule has 0 saturated heterocycles. The fourth-order valence-corrected chi connectivity index (χ4v) is 3.00. The summed E-state index contributed by atoms with van der Waals surface area (Å²) in [6.45, 7) is 4.10. The Morgan fingerprint density at radius 2 is 2.14 bits per heavy atom. The van der Waals surface area contributed by atoms with Gasteiger partial charge < -0.3 is 5.73 Å². The standard InChI is InChI=1S/C16H19BrFN3/c1-2-21(11-13-5-3-4-8-20-13)16(10-19)14-7-6-12(18)9-15(14)17/h3-9,16H,2,10-11,19H2,1H3. The van der Waals surface area contributed by atoms with Gasteiger partial charge in [0.05, 0.1) is 5.69 Å². The predicted molar refractivity (Wildman–Crippen MR) is 86.2 cm³/mol. The zero-order valence-corrected chi connectivity index (χ0v) is 13.6. The molecule has 0 aliphatic carbocycles. The van der Waals surface area contributed by atoms with E-state index in [1.54, 1.807) is 12.3 Å². The van der Waals surface area contributed by atoms with Gasteiger partial charge in [0.2, 0.25) is 0 Å². The van der Waals surface area contributed by atoms with E-state index >= 15 is 0 Å². The molecular formula is C16H19BrFN3. The van der Waals surface area contributed by atoms with Crippen LogP contribution in [0, 0.1) is 5.82 Å². The van der Waals surface area contributed by atoms with E-state index in [-0.39, 0.29) is 11.9 Å². The summed E-state index contributed by atoms with van der Waals surface area (Å²) >= 11 is 3.43. The summed E-state index contributed by atoms with van der Waals surface area (Å²) in [6, 6.07) is 10.6. The summed E-state index contributed by atoms with van der Waals surface area (Å²) in [6.07, 6.45) is 1.79. The van der Waals surface area contributed by atoms with Crippen molar-refractivity contribution in [2.75, 3.05) is 13.1 Å². The lowest BCUT2D eigenvalue weighted by Crippen LogP contribution is -2.33. The minimum absolute atomic E-state index is 0.0204. The molecule has 0 radical (unpaired) electrons. The molecule has 1 aromatic carbocycles. The lowest BCUT2D eigenvalue weighted by molar-refractivity contribution is 0.200. The Morgan fingerprint density at radius 1 is 1.33 bits per heavy atom. The van der Waals surface area contributed by atoms with Gasteiger partial charge in [-0.3, -0.25) is 9.88 Å². The largest absolute Gasteiger partial charge is 0.329 e. The molecule has 1 atom stereocenters. The smallest absolute Gasteiger partial charge is 0.124 e. The summed E-state index contributed by atoms with van der Waals surface area (Å²) < 4.78 is 14.0. The number of nitrogens with zero attached hydrogens (tertiary/aromatic N) is 2. The fourth-order valence-electron chi connectivity index (χ4n) is 2.39. The molecule has 0 fully saturated rings. The Balaban J connectivity index is 2.25. The van der Waals surface area contributed by atoms with E-state index in [2.05, 4.69) is 32.7 Å². The van der Waals surface area contributed by atoms with E-state index in [9.17, 15) is 4.39 Å².